The lowest BCUT2D eigenvalue weighted by atomic mass is 9.72. The molecule has 3 aromatic rings. The Labute approximate surface area is 181 Å². The topological polar surface area (TPSA) is 100 Å². The van der Waals surface area contributed by atoms with Crippen LogP contribution in [0.4, 0.5) is 0 Å². The predicted molar refractivity (Wildman–Crippen MR) is 116 cm³/mol. The van der Waals surface area contributed by atoms with Gasteiger partial charge < -0.3 is 24.5 Å². The van der Waals surface area contributed by atoms with Crippen molar-refractivity contribution in [1.82, 2.24) is 0 Å². The Hall–Kier alpha value is -1.94. The van der Waals surface area contributed by atoms with Crippen molar-refractivity contribution in [3.8, 4) is 5.75 Å². The standard InChI is InChI=1S/C22H21IO6/c1-22(2)15-8-12(28-10-17(26)16(25)9-24)4-6-13(15)20(27)19-14-5-3-11(23)7-18(14)29-21(19)22/h3-8,16-17,24-26H,9-10H2,1-2H3/t16-,17-/m1/s1. The molecule has 3 N–H and O–H groups in total. The molecule has 1 aromatic heterocycles. The van der Waals surface area contributed by atoms with E-state index in [9.17, 15) is 15.0 Å². The van der Waals surface area contributed by atoms with Crippen LogP contribution in [0.3, 0.4) is 0 Å². The summed E-state index contributed by atoms with van der Waals surface area (Å²) in [6.45, 7) is 3.27. The third kappa shape index (κ3) is 3.35. The number of aliphatic hydroxyl groups excluding tert-OH is 3. The van der Waals surface area contributed by atoms with Gasteiger partial charge in [0, 0.05) is 19.9 Å². The Morgan fingerprint density at radius 1 is 1.14 bits per heavy atom. The first-order valence-electron chi connectivity index (χ1n) is 9.25. The zero-order valence-electron chi connectivity index (χ0n) is 16.0. The van der Waals surface area contributed by atoms with E-state index in [1.165, 1.54) is 0 Å². The van der Waals surface area contributed by atoms with Gasteiger partial charge in [-0.15, -0.1) is 0 Å². The van der Waals surface area contributed by atoms with E-state index < -0.39 is 24.2 Å². The van der Waals surface area contributed by atoms with Gasteiger partial charge in [0.05, 0.1) is 12.2 Å². The second-order valence-electron chi connectivity index (χ2n) is 7.74. The molecule has 2 atom stereocenters. The summed E-state index contributed by atoms with van der Waals surface area (Å²) < 4.78 is 12.7. The van der Waals surface area contributed by atoms with Crippen LogP contribution in [0.5, 0.6) is 5.75 Å². The zero-order valence-corrected chi connectivity index (χ0v) is 18.1. The number of aliphatic hydroxyl groups is 3. The van der Waals surface area contributed by atoms with Crippen molar-refractivity contribution < 1.29 is 29.3 Å². The van der Waals surface area contributed by atoms with E-state index in [1.807, 2.05) is 32.0 Å². The number of furan rings is 1. The van der Waals surface area contributed by atoms with Crippen LogP contribution in [0.1, 0.15) is 41.1 Å². The van der Waals surface area contributed by atoms with Gasteiger partial charge >= 0.3 is 0 Å². The van der Waals surface area contributed by atoms with Gasteiger partial charge in [0.1, 0.15) is 35.9 Å². The van der Waals surface area contributed by atoms with Crippen molar-refractivity contribution in [2.45, 2.75) is 31.5 Å². The summed E-state index contributed by atoms with van der Waals surface area (Å²) in [4.78, 5) is 13.3. The summed E-state index contributed by atoms with van der Waals surface area (Å²) in [6, 6.07) is 11.0. The van der Waals surface area contributed by atoms with E-state index in [-0.39, 0.29) is 12.4 Å². The van der Waals surface area contributed by atoms with Gasteiger partial charge in [0.15, 0.2) is 5.78 Å². The van der Waals surface area contributed by atoms with E-state index in [4.69, 9.17) is 14.3 Å². The molecule has 0 unspecified atom stereocenters. The first kappa shape index (κ1) is 20.3. The van der Waals surface area contributed by atoms with E-state index in [0.29, 0.717) is 28.2 Å². The minimum absolute atomic E-state index is 0.0865. The molecule has 2 aromatic carbocycles. The molecule has 7 heteroatoms. The highest BCUT2D eigenvalue weighted by molar-refractivity contribution is 14.1. The molecule has 0 amide bonds. The lowest BCUT2D eigenvalue weighted by molar-refractivity contribution is -0.0339. The number of carbonyl (C=O) groups is 1. The van der Waals surface area contributed by atoms with Crippen molar-refractivity contribution in [2.24, 2.45) is 0 Å². The maximum atomic E-state index is 13.3. The molecule has 0 radical (unpaired) electrons. The highest BCUT2D eigenvalue weighted by atomic mass is 127. The number of fused-ring (bicyclic) bond motifs is 4. The van der Waals surface area contributed by atoms with Crippen LogP contribution in [0, 0.1) is 3.57 Å². The fourth-order valence-corrected chi connectivity index (χ4v) is 4.20. The SMILES string of the molecule is CC1(C)c2cc(OC[C@@H](O)[C@H](O)CO)ccc2C(=O)c2c1oc1cc(I)ccc21. The van der Waals surface area contributed by atoms with Crippen LogP contribution in [0.25, 0.3) is 11.0 Å². The molecule has 1 heterocycles. The molecule has 152 valence electrons. The number of carbonyl (C=O) groups excluding carboxylic acids is 1. The maximum absolute atomic E-state index is 13.3. The number of ether oxygens (including phenoxy) is 1. The van der Waals surface area contributed by atoms with Gasteiger partial charge in [0.2, 0.25) is 0 Å². The molecule has 0 aliphatic heterocycles. The van der Waals surface area contributed by atoms with Crippen molar-refractivity contribution in [2.75, 3.05) is 13.2 Å². The molecule has 29 heavy (non-hydrogen) atoms. The highest BCUT2D eigenvalue weighted by Gasteiger charge is 2.41. The Bertz CT molecular complexity index is 1100. The van der Waals surface area contributed by atoms with Gasteiger partial charge in [-0.25, -0.2) is 0 Å². The molecule has 0 fully saturated rings. The fourth-order valence-electron chi connectivity index (χ4n) is 3.74. The summed E-state index contributed by atoms with van der Waals surface area (Å²) in [5.41, 5.74) is 2.09. The van der Waals surface area contributed by atoms with Crippen molar-refractivity contribution in [1.29, 1.82) is 0 Å². The monoisotopic (exact) mass is 508 g/mol. The number of benzene rings is 2. The largest absolute Gasteiger partial charge is 0.491 e. The lowest BCUT2D eigenvalue weighted by Gasteiger charge is -2.31. The van der Waals surface area contributed by atoms with Gasteiger partial charge in [-0.2, -0.15) is 0 Å². The third-order valence-electron chi connectivity index (χ3n) is 5.41. The molecule has 0 saturated carbocycles. The second-order valence-corrected chi connectivity index (χ2v) is 8.98. The highest BCUT2D eigenvalue weighted by Crippen LogP contribution is 2.46. The van der Waals surface area contributed by atoms with Crippen molar-refractivity contribution in [3.63, 3.8) is 0 Å². The maximum Gasteiger partial charge on any atom is 0.197 e. The number of halogens is 1. The molecule has 1 aliphatic carbocycles. The Morgan fingerprint density at radius 3 is 2.62 bits per heavy atom. The number of hydrogen-bond donors (Lipinski definition) is 3. The van der Waals surface area contributed by atoms with Crippen LogP contribution in [0.2, 0.25) is 0 Å². The minimum atomic E-state index is -1.27. The number of rotatable bonds is 5. The zero-order chi connectivity index (χ0) is 20.9. The molecule has 0 bridgehead atoms. The minimum Gasteiger partial charge on any atom is -0.491 e. The first-order chi connectivity index (χ1) is 13.7. The molecule has 0 spiro atoms. The van der Waals surface area contributed by atoms with Crippen molar-refractivity contribution >= 4 is 39.3 Å². The van der Waals surface area contributed by atoms with Crippen LogP contribution in [0.15, 0.2) is 40.8 Å². The first-order valence-corrected chi connectivity index (χ1v) is 10.3. The molecular weight excluding hydrogens is 487 g/mol. The Kier molecular flexibility index (Phi) is 5.18. The van der Waals surface area contributed by atoms with Gasteiger partial charge in [-0.3, -0.25) is 4.79 Å². The summed E-state index contributed by atoms with van der Waals surface area (Å²) in [6.07, 6.45) is -2.48. The molecule has 4 rings (SSSR count). The molecule has 1 aliphatic rings. The van der Waals surface area contributed by atoms with Crippen LogP contribution >= 0.6 is 22.6 Å². The van der Waals surface area contributed by atoms with Gasteiger partial charge in [-0.05, 0) is 78.4 Å². The second kappa shape index (κ2) is 7.39. The van der Waals surface area contributed by atoms with Crippen LogP contribution in [-0.2, 0) is 5.41 Å². The summed E-state index contributed by atoms with van der Waals surface area (Å²) in [5.74, 6) is 0.999. The smallest absolute Gasteiger partial charge is 0.197 e. The van der Waals surface area contributed by atoms with E-state index in [0.717, 1.165) is 14.5 Å². The lowest BCUT2D eigenvalue weighted by Crippen LogP contribution is -2.34. The molecule has 6 nitrogen and oxygen atoms in total. The van der Waals surface area contributed by atoms with Crippen LogP contribution < -0.4 is 4.74 Å². The fraction of sp³-hybridized carbons (Fsp3) is 0.318. The molecular formula is C22H21IO6. The number of ketones is 1. The Balaban J connectivity index is 1.74. The Morgan fingerprint density at radius 2 is 1.90 bits per heavy atom. The molecule has 0 saturated heterocycles. The van der Waals surface area contributed by atoms with E-state index in [1.54, 1.807) is 18.2 Å². The third-order valence-corrected chi connectivity index (χ3v) is 6.08. The average Bonchev–Trinajstić information content (AvgIpc) is 3.09. The summed E-state index contributed by atoms with van der Waals surface area (Å²) in [5, 5.41) is 29.0. The van der Waals surface area contributed by atoms with Crippen molar-refractivity contribution in [3.05, 3.63) is 62.4 Å². The van der Waals surface area contributed by atoms with Gasteiger partial charge in [-0.1, -0.05) is 0 Å². The predicted octanol–water partition coefficient (Wildman–Crippen LogP) is 3.00. The van der Waals surface area contributed by atoms with E-state index >= 15 is 0 Å². The summed E-state index contributed by atoms with van der Waals surface area (Å²) in [7, 11) is 0. The van der Waals surface area contributed by atoms with E-state index in [2.05, 4.69) is 22.6 Å². The van der Waals surface area contributed by atoms with Crippen LogP contribution in [-0.4, -0.2) is 46.5 Å². The van der Waals surface area contributed by atoms with Gasteiger partial charge in [0.25, 0.3) is 0 Å². The number of hydrogen-bond acceptors (Lipinski definition) is 6. The normalized spacial score (nSPS) is 17.0. The quantitative estimate of drug-likeness (QED) is 0.459. The summed E-state index contributed by atoms with van der Waals surface area (Å²) >= 11 is 2.21. The average molecular weight is 508 g/mol.